The Labute approximate surface area is 97.0 Å². The molecule has 0 aliphatic heterocycles. The van der Waals surface area contributed by atoms with Crippen molar-refractivity contribution in [3.63, 3.8) is 0 Å². The topological polar surface area (TPSA) is 54.0 Å². The molecule has 0 aromatic rings. The van der Waals surface area contributed by atoms with Crippen molar-refractivity contribution in [3.8, 4) is 0 Å². The van der Waals surface area contributed by atoms with Crippen LogP contribution in [0.1, 0.15) is 26.2 Å². The molecule has 0 bridgehead atoms. The quantitative estimate of drug-likeness (QED) is 0.427. The van der Waals surface area contributed by atoms with E-state index in [9.17, 15) is 4.79 Å². The second kappa shape index (κ2) is 12.3. The molecule has 0 fully saturated rings. The van der Waals surface area contributed by atoms with Gasteiger partial charge in [-0.3, -0.25) is 0 Å². The summed E-state index contributed by atoms with van der Waals surface area (Å²) < 4.78 is 19.4. The number of ether oxygens (including phenoxy) is 4. The average molecular weight is 234 g/mol. The summed E-state index contributed by atoms with van der Waals surface area (Å²) >= 11 is 0. The summed E-state index contributed by atoms with van der Waals surface area (Å²) in [5, 5.41) is 0. The lowest BCUT2D eigenvalue weighted by Gasteiger charge is -2.06. The van der Waals surface area contributed by atoms with Crippen molar-refractivity contribution in [3.05, 3.63) is 0 Å². The maximum atomic E-state index is 10.9. The van der Waals surface area contributed by atoms with E-state index in [1.165, 1.54) is 12.8 Å². The normalized spacial score (nSPS) is 10.1. The van der Waals surface area contributed by atoms with Crippen molar-refractivity contribution in [2.75, 3.05) is 40.1 Å². The van der Waals surface area contributed by atoms with E-state index in [4.69, 9.17) is 14.2 Å². The molecule has 0 radical (unpaired) electrons. The third kappa shape index (κ3) is 11.3. The Balaban J connectivity index is 3.09. The standard InChI is InChI=1S/C11H22O5/c1-3-4-5-6-14-8-10-16-11(12)15-9-7-13-2/h3-10H2,1-2H3. The largest absolute Gasteiger partial charge is 0.508 e. The second-order valence-corrected chi connectivity index (χ2v) is 3.26. The Hall–Kier alpha value is -0.810. The maximum absolute atomic E-state index is 10.9. The van der Waals surface area contributed by atoms with Gasteiger partial charge >= 0.3 is 6.16 Å². The molecule has 0 spiro atoms. The van der Waals surface area contributed by atoms with Crippen LogP contribution in [0.4, 0.5) is 4.79 Å². The molecular formula is C11H22O5. The summed E-state index contributed by atoms with van der Waals surface area (Å²) in [5.74, 6) is 0. The molecule has 0 aromatic carbocycles. The molecule has 0 N–H and O–H groups in total. The number of methoxy groups -OCH3 is 1. The van der Waals surface area contributed by atoms with Gasteiger partial charge in [0.15, 0.2) is 0 Å². The minimum absolute atomic E-state index is 0.215. The zero-order valence-corrected chi connectivity index (χ0v) is 10.2. The molecule has 0 amide bonds. The summed E-state index contributed by atoms with van der Waals surface area (Å²) in [4.78, 5) is 10.9. The highest BCUT2D eigenvalue weighted by atomic mass is 16.7. The number of carbonyl (C=O) groups excluding carboxylic acids is 1. The van der Waals surface area contributed by atoms with E-state index in [0.717, 1.165) is 13.0 Å². The van der Waals surface area contributed by atoms with Crippen LogP contribution in [0.25, 0.3) is 0 Å². The number of hydrogen-bond acceptors (Lipinski definition) is 5. The van der Waals surface area contributed by atoms with Gasteiger partial charge in [0.25, 0.3) is 0 Å². The third-order valence-corrected chi connectivity index (χ3v) is 1.85. The van der Waals surface area contributed by atoms with Crippen LogP contribution in [0, 0.1) is 0 Å². The van der Waals surface area contributed by atoms with Gasteiger partial charge < -0.3 is 18.9 Å². The number of hydrogen-bond donors (Lipinski definition) is 0. The van der Waals surface area contributed by atoms with Crippen LogP contribution >= 0.6 is 0 Å². The van der Waals surface area contributed by atoms with E-state index in [0.29, 0.717) is 13.2 Å². The zero-order valence-electron chi connectivity index (χ0n) is 10.2. The lowest BCUT2D eigenvalue weighted by atomic mass is 10.3. The van der Waals surface area contributed by atoms with Gasteiger partial charge in [-0.1, -0.05) is 19.8 Å². The fraction of sp³-hybridized carbons (Fsp3) is 0.909. The predicted molar refractivity (Wildman–Crippen MR) is 59.5 cm³/mol. The van der Waals surface area contributed by atoms with Crippen LogP contribution in [0.5, 0.6) is 0 Å². The van der Waals surface area contributed by atoms with E-state index in [2.05, 4.69) is 11.7 Å². The smallest absolute Gasteiger partial charge is 0.432 e. The first-order valence-corrected chi connectivity index (χ1v) is 5.67. The van der Waals surface area contributed by atoms with Crippen molar-refractivity contribution < 1.29 is 23.7 Å². The molecule has 0 atom stereocenters. The Morgan fingerprint density at radius 3 is 2.25 bits per heavy atom. The fourth-order valence-corrected chi connectivity index (χ4v) is 0.990. The molecule has 0 aromatic heterocycles. The van der Waals surface area contributed by atoms with Crippen LogP contribution < -0.4 is 0 Å². The highest BCUT2D eigenvalue weighted by Crippen LogP contribution is 1.94. The van der Waals surface area contributed by atoms with Crippen LogP contribution in [0.15, 0.2) is 0 Å². The van der Waals surface area contributed by atoms with Crippen molar-refractivity contribution in [1.82, 2.24) is 0 Å². The first-order chi connectivity index (χ1) is 7.81. The monoisotopic (exact) mass is 234 g/mol. The maximum Gasteiger partial charge on any atom is 0.508 e. The van der Waals surface area contributed by atoms with Crippen molar-refractivity contribution in [2.45, 2.75) is 26.2 Å². The molecule has 0 saturated carbocycles. The molecule has 16 heavy (non-hydrogen) atoms. The van der Waals surface area contributed by atoms with E-state index >= 15 is 0 Å². The van der Waals surface area contributed by atoms with Crippen LogP contribution in [0.2, 0.25) is 0 Å². The van der Waals surface area contributed by atoms with Crippen LogP contribution in [0.3, 0.4) is 0 Å². The highest BCUT2D eigenvalue weighted by molar-refractivity contribution is 5.59. The first kappa shape index (κ1) is 15.2. The van der Waals surface area contributed by atoms with Gasteiger partial charge in [0.2, 0.25) is 0 Å². The lowest BCUT2D eigenvalue weighted by molar-refractivity contribution is 0.0160. The second-order valence-electron chi connectivity index (χ2n) is 3.26. The van der Waals surface area contributed by atoms with E-state index in [1.54, 1.807) is 7.11 Å². The van der Waals surface area contributed by atoms with Gasteiger partial charge in [0.1, 0.15) is 13.2 Å². The molecule has 0 saturated heterocycles. The first-order valence-electron chi connectivity index (χ1n) is 5.67. The predicted octanol–water partition coefficient (Wildman–Crippen LogP) is 1.99. The molecule has 0 rings (SSSR count). The van der Waals surface area contributed by atoms with E-state index in [-0.39, 0.29) is 13.2 Å². The van der Waals surface area contributed by atoms with Gasteiger partial charge in [-0.25, -0.2) is 4.79 Å². The van der Waals surface area contributed by atoms with E-state index in [1.807, 2.05) is 0 Å². The minimum atomic E-state index is -0.672. The number of rotatable bonds is 10. The highest BCUT2D eigenvalue weighted by Gasteiger charge is 2.02. The lowest BCUT2D eigenvalue weighted by Crippen LogP contribution is -2.14. The molecular weight excluding hydrogens is 212 g/mol. The molecule has 5 nitrogen and oxygen atoms in total. The van der Waals surface area contributed by atoms with Crippen molar-refractivity contribution in [1.29, 1.82) is 0 Å². The van der Waals surface area contributed by atoms with Gasteiger partial charge in [-0.15, -0.1) is 0 Å². The zero-order chi connectivity index (χ0) is 12.1. The Morgan fingerprint density at radius 1 is 0.938 bits per heavy atom. The summed E-state index contributed by atoms with van der Waals surface area (Å²) in [6.45, 7) is 4.10. The Kier molecular flexibility index (Phi) is 11.6. The molecule has 5 heteroatoms. The molecule has 0 aliphatic carbocycles. The third-order valence-electron chi connectivity index (χ3n) is 1.85. The Morgan fingerprint density at radius 2 is 1.62 bits per heavy atom. The van der Waals surface area contributed by atoms with Gasteiger partial charge in [-0.05, 0) is 6.42 Å². The van der Waals surface area contributed by atoms with Crippen molar-refractivity contribution in [2.24, 2.45) is 0 Å². The average Bonchev–Trinajstić information content (AvgIpc) is 2.28. The fourth-order valence-electron chi connectivity index (χ4n) is 0.990. The molecule has 0 unspecified atom stereocenters. The van der Waals surface area contributed by atoms with E-state index < -0.39 is 6.16 Å². The molecule has 0 aliphatic rings. The minimum Gasteiger partial charge on any atom is -0.432 e. The van der Waals surface area contributed by atoms with Crippen LogP contribution in [-0.4, -0.2) is 46.3 Å². The number of carbonyl (C=O) groups is 1. The van der Waals surface area contributed by atoms with Crippen LogP contribution in [-0.2, 0) is 18.9 Å². The summed E-state index contributed by atoms with van der Waals surface area (Å²) in [7, 11) is 1.54. The molecule has 96 valence electrons. The molecule has 0 heterocycles. The van der Waals surface area contributed by atoms with Crippen molar-refractivity contribution >= 4 is 6.16 Å². The number of unbranched alkanes of at least 4 members (excludes halogenated alkanes) is 2. The SMILES string of the molecule is CCCCCOCCOC(=O)OCCOC. The van der Waals surface area contributed by atoms with Gasteiger partial charge in [0.05, 0.1) is 13.2 Å². The summed E-state index contributed by atoms with van der Waals surface area (Å²) in [5.41, 5.74) is 0. The van der Waals surface area contributed by atoms with Gasteiger partial charge in [0, 0.05) is 13.7 Å². The summed E-state index contributed by atoms with van der Waals surface area (Å²) in [6, 6.07) is 0. The van der Waals surface area contributed by atoms with Gasteiger partial charge in [-0.2, -0.15) is 0 Å². The Bertz CT molecular complexity index is 160. The summed E-state index contributed by atoms with van der Waals surface area (Å²) in [6.07, 6.45) is 2.72.